The number of aromatic nitrogens is 2. The van der Waals surface area contributed by atoms with Gasteiger partial charge in [0.15, 0.2) is 5.01 Å². The van der Waals surface area contributed by atoms with Gasteiger partial charge in [-0.05, 0) is 6.92 Å². The monoisotopic (exact) mass is 200 g/mol. The van der Waals surface area contributed by atoms with Gasteiger partial charge in [-0.1, -0.05) is 0 Å². The fourth-order valence-electron chi connectivity index (χ4n) is 0.731. The molecule has 0 aromatic carbocycles. The summed E-state index contributed by atoms with van der Waals surface area (Å²) in [6.45, 7) is 1.94. The number of hydrogen-bond donors (Lipinski definition) is 0. The molecular weight excluding hydrogens is 196 g/mol. The lowest BCUT2D eigenvalue weighted by atomic mass is 10.6. The Morgan fingerprint density at radius 3 is 2.92 bits per heavy atom. The van der Waals surface area contributed by atoms with Gasteiger partial charge in [0.2, 0.25) is 0 Å². The molecule has 0 bridgehead atoms. The van der Waals surface area contributed by atoms with Crippen molar-refractivity contribution in [2.45, 2.75) is 6.92 Å². The topological polar surface area (TPSA) is 56.0 Å². The highest BCUT2D eigenvalue weighted by atomic mass is 32.1. The predicted octanol–water partition coefficient (Wildman–Crippen LogP) is 1.53. The maximum absolute atomic E-state index is 10.6. The van der Waals surface area contributed by atoms with Crippen LogP contribution in [0.15, 0.2) is 15.4 Å². The Balaban J connectivity index is 2.50. The highest BCUT2D eigenvalue weighted by molar-refractivity contribution is 7.15. The molecule has 0 aliphatic heterocycles. The third-order valence-corrected chi connectivity index (χ3v) is 2.58. The molecule has 0 unspecified atom stereocenters. The minimum atomic E-state index is -0.391. The van der Waals surface area contributed by atoms with E-state index < -0.39 is 4.94 Å². The molecule has 0 spiro atoms. The van der Waals surface area contributed by atoms with E-state index in [1.807, 2.05) is 6.92 Å². The second kappa shape index (κ2) is 2.80. The Kier molecular flexibility index (Phi) is 1.78. The SMILES string of the molecule is Cc1cnc(-c2nsc(=O)o2)s1. The number of nitrogens with zero attached hydrogens (tertiary/aromatic N) is 2. The molecule has 4 nitrogen and oxygen atoms in total. The van der Waals surface area contributed by atoms with Crippen molar-refractivity contribution in [3.05, 3.63) is 20.8 Å². The molecule has 0 radical (unpaired) electrons. The Morgan fingerprint density at radius 2 is 2.42 bits per heavy atom. The van der Waals surface area contributed by atoms with Crippen molar-refractivity contribution in [1.29, 1.82) is 0 Å². The summed E-state index contributed by atoms with van der Waals surface area (Å²) in [5.41, 5.74) is 0. The first kappa shape index (κ1) is 7.63. The van der Waals surface area contributed by atoms with Crippen molar-refractivity contribution in [1.82, 2.24) is 9.36 Å². The summed E-state index contributed by atoms with van der Waals surface area (Å²) in [5.74, 6) is 0.322. The van der Waals surface area contributed by atoms with Crippen LogP contribution >= 0.6 is 22.9 Å². The van der Waals surface area contributed by atoms with E-state index in [4.69, 9.17) is 4.42 Å². The molecule has 12 heavy (non-hydrogen) atoms. The van der Waals surface area contributed by atoms with Crippen LogP contribution in [0.3, 0.4) is 0 Å². The lowest BCUT2D eigenvalue weighted by Gasteiger charge is -1.80. The number of thiazole rings is 1. The minimum absolute atomic E-state index is 0.322. The quantitative estimate of drug-likeness (QED) is 0.700. The molecule has 6 heteroatoms. The molecular formula is C6H4N2O2S2. The van der Waals surface area contributed by atoms with Crippen molar-refractivity contribution in [3.63, 3.8) is 0 Å². The van der Waals surface area contributed by atoms with E-state index in [0.29, 0.717) is 10.9 Å². The van der Waals surface area contributed by atoms with E-state index >= 15 is 0 Å². The molecule has 0 atom stereocenters. The third-order valence-electron chi connectivity index (χ3n) is 1.19. The molecule has 0 amide bonds. The van der Waals surface area contributed by atoms with Gasteiger partial charge in [0.05, 0.1) is 11.5 Å². The van der Waals surface area contributed by atoms with E-state index in [9.17, 15) is 4.79 Å². The summed E-state index contributed by atoms with van der Waals surface area (Å²) < 4.78 is 8.59. The van der Waals surface area contributed by atoms with Crippen LogP contribution in [0, 0.1) is 6.92 Å². The highest BCUT2D eigenvalue weighted by Crippen LogP contribution is 2.21. The van der Waals surface area contributed by atoms with Gasteiger partial charge >= 0.3 is 4.94 Å². The van der Waals surface area contributed by atoms with Crippen molar-refractivity contribution in [3.8, 4) is 10.9 Å². The van der Waals surface area contributed by atoms with E-state index in [1.165, 1.54) is 11.3 Å². The normalized spacial score (nSPS) is 10.4. The molecule has 62 valence electrons. The van der Waals surface area contributed by atoms with Gasteiger partial charge in [-0.25, -0.2) is 9.78 Å². The Hall–Kier alpha value is -1.01. The number of aryl methyl sites for hydroxylation is 1. The Morgan fingerprint density at radius 1 is 1.58 bits per heavy atom. The first-order chi connectivity index (χ1) is 5.75. The summed E-state index contributed by atoms with van der Waals surface area (Å²) in [5, 5.41) is 0.658. The standard InChI is InChI=1S/C6H4N2O2S2/c1-3-2-7-5(11-3)4-8-12-6(9)10-4/h2H,1H3. The van der Waals surface area contributed by atoms with Gasteiger partial charge in [0.1, 0.15) is 0 Å². The van der Waals surface area contributed by atoms with Crippen LogP contribution in [0.25, 0.3) is 10.9 Å². The molecule has 0 aliphatic carbocycles. The van der Waals surface area contributed by atoms with Crippen molar-refractivity contribution in [2.24, 2.45) is 0 Å². The lowest BCUT2D eigenvalue weighted by Crippen LogP contribution is -1.81. The zero-order valence-corrected chi connectivity index (χ0v) is 7.74. The summed E-state index contributed by atoms with van der Waals surface area (Å²) in [6, 6.07) is 0. The lowest BCUT2D eigenvalue weighted by molar-refractivity contribution is 0.542. The van der Waals surface area contributed by atoms with Crippen molar-refractivity contribution in [2.75, 3.05) is 0 Å². The number of hydrogen-bond acceptors (Lipinski definition) is 6. The molecule has 2 rings (SSSR count). The van der Waals surface area contributed by atoms with Crippen molar-refractivity contribution >= 4 is 22.9 Å². The molecule has 2 heterocycles. The third kappa shape index (κ3) is 1.30. The van der Waals surface area contributed by atoms with Gasteiger partial charge in [-0.15, -0.1) is 15.7 Å². The Bertz CT molecular complexity index is 442. The van der Waals surface area contributed by atoms with Crippen LogP contribution in [0.1, 0.15) is 4.88 Å². The molecule has 0 saturated carbocycles. The fourth-order valence-corrected chi connectivity index (χ4v) is 1.88. The summed E-state index contributed by atoms with van der Waals surface area (Å²) in [4.78, 5) is 15.3. The van der Waals surface area contributed by atoms with E-state index in [2.05, 4.69) is 9.36 Å². The maximum Gasteiger partial charge on any atom is 0.414 e. The second-order valence-corrected chi connectivity index (χ2v) is 4.05. The average Bonchev–Trinajstić information content (AvgIpc) is 2.58. The van der Waals surface area contributed by atoms with Gasteiger partial charge in [-0.2, -0.15) is 0 Å². The summed E-state index contributed by atoms with van der Waals surface area (Å²) in [6.07, 6.45) is 1.72. The predicted molar refractivity (Wildman–Crippen MR) is 46.5 cm³/mol. The van der Waals surface area contributed by atoms with Crippen LogP contribution in [0.2, 0.25) is 0 Å². The van der Waals surface area contributed by atoms with E-state index in [0.717, 1.165) is 16.4 Å². The van der Waals surface area contributed by atoms with Crippen LogP contribution in [-0.4, -0.2) is 9.36 Å². The van der Waals surface area contributed by atoms with Gasteiger partial charge in [-0.3, -0.25) is 0 Å². The van der Waals surface area contributed by atoms with Gasteiger partial charge < -0.3 is 4.42 Å². The van der Waals surface area contributed by atoms with E-state index in [1.54, 1.807) is 6.20 Å². The van der Waals surface area contributed by atoms with Gasteiger partial charge in [0, 0.05) is 11.1 Å². The summed E-state index contributed by atoms with van der Waals surface area (Å²) in [7, 11) is 0. The first-order valence-electron chi connectivity index (χ1n) is 3.15. The summed E-state index contributed by atoms with van der Waals surface area (Å²) >= 11 is 2.26. The second-order valence-electron chi connectivity index (χ2n) is 2.12. The average molecular weight is 200 g/mol. The van der Waals surface area contributed by atoms with Crippen LogP contribution < -0.4 is 4.94 Å². The van der Waals surface area contributed by atoms with Crippen LogP contribution in [0.4, 0.5) is 0 Å². The zero-order chi connectivity index (χ0) is 8.55. The zero-order valence-electron chi connectivity index (χ0n) is 6.10. The molecule has 0 aliphatic rings. The fraction of sp³-hybridized carbons (Fsp3) is 0.167. The van der Waals surface area contributed by atoms with E-state index in [-0.39, 0.29) is 0 Å². The minimum Gasteiger partial charge on any atom is -0.391 e. The van der Waals surface area contributed by atoms with Crippen LogP contribution in [0.5, 0.6) is 0 Å². The molecule has 2 aromatic rings. The molecule has 0 saturated heterocycles. The van der Waals surface area contributed by atoms with Crippen molar-refractivity contribution < 1.29 is 4.42 Å². The maximum atomic E-state index is 10.6. The molecule has 0 N–H and O–H groups in total. The molecule has 0 fully saturated rings. The smallest absolute Gasteiger partial charge is 0.391 e. The first-order valence-corrected chi connectivity index (χ1v) is 4.74. The van der Waals surface area contributed by atoms with Crippen LogP contribution in [-0.2, 0) is 0 Å². The number of rotatable bonds is 1. The Labute approximate surface area is 75.7 Å². The molecule has 2 aromatic heterocycles. The highest BCUT2D eigenvalue weighted by Gasteiger charge is 2.08. The van der Waals surface area contributed by atoms with Gasteiger partial charge in [0.25, 0.3) is 5.89 Å². The largest absolute Gasteiger partial charge is 0.414 e.